The van der Waals surface area contributed by atoms with Gasteiger partial charge >= 0.3 is 5.97 Å². The first-order valence-electron chi connectivity index (χ1n) is 22.1. The van der Waals surface area contributed by atoms with Crippen molar-refractivity contribution in [3.63, 3.8) is 0 Å². The highest BCUT2D eigenvalue weighted by Crippen LogP contribution is 2.36. The van der Waals surface area contributed by atoms with Gasteiger partial charge in [-0.25, -0.2) is 4.79 Å². The maximum absolute atomic E-state index is 14.0. The molecule has 4 N–H and O–H groups in total. The number of pyridine rings is 1. The molecule has 1 aromatic heterocycles. The lowest BCUT2D eigenvalue weighted by molar-refractivity contribution is -0.164. The summed E-state index contributed by atoms with van der Waals surface area (Å²) in [4.78, 5) is 46.5. The number of carbonyl (C=O) groups excluding carboxylic acids is 2. The highest BCUT2D eigenvalue weighted by atomic mass is 16.5. The highest BCUT2D eigenvalue weighted by molar-refractivity contribution is 5.95. The second-order valence-corrected chi connectivity index (χ2v) is 16.9. The topological polar surface area (TPSA) is 153 Å². The van der Waals surface area contributed by atoms with Crippen LogP contribution in [0.5, 0.6) is 11.5 Å². The van der Waals surface area contributed by atoms with Crippen molar-refractivity contribution >= 4 is 28.4 Å². The van der Waals surface area contributed by atoms with Gasteiger partial charge in [0.1, 0.15) is 11.5 Å². The second kappa shape index (κ2) is 19.9. The zero-order valence-electron chi connectivity index (χ0n) is 36.1. The molecule has 2 aliphatic rings. The number of ether oxygens (including phenoxy) is 2. The number of likely N-dealkylation sites (tertiary alicyclic amines) is 1. The summed E-state index contributed by atoms with van der Waals surface area (Å²) >= 11 is 0. The molecule has 3 heterocycles. The van der Waals surface area contributed by atoms with Crippen molar-refractivity contribution in [2.24, 2.45) is 5.92 Å². The molecule has 1 amide bonds. The summed E-state index contributed by atoms with van der Waals surface area (Å²) < 4.78 is 11.7. The summed E-state index contributed by atoms with van der Waals surface area (Å²) in [6, 6.07) is 38.4. The van der Waals surface area contributed by atoms with Crippen LogP contribution < -0.4 is 10.3 Å². The third-order valence-corrected chi connectivity index (χ3v) is 12.8. The molecular formula is C53H55N3O8. The number of methoxy groups -OCH3 is 1. The number of nitrogens with one attached hydrogen (secondary N) is 1. The molecule has 0 radical (unpaired) electrons. The van der Waals surface area contributed by atoms with Crippen molar-refractivity contribution < 1.29 is 34.4 Å². The highest BCUT2D eigenvalue weighted by Gasteiger charge is 2.42. The molecular weight excluding hydrogens is 807 g/mol. The number of fused-ring (bicyclic) bond motifs is 1. The number of nitrogens with zero attached hydrogens (tertiary/aromatic N) is 2. The lowest BCUT2D eigenvalue weighted by atomic mass is 9.84. The number of aliphatic hydroxyl groups excluding tert-OH is 1. The van der Waals surface area contributed by atoms with Crippen molar-refractivity contribution in [1.29, 1.82) is 0 Å². The third kappa shape index (κ3) is 9.82. The Bertz CT molecular complexity index is 2670. The second-order valence-electron chi connectivity index (χ2n) is 16.9. The molecule has 64 heavy (non-hydrogen) atoms. The fraction of sp³-hybridized carbons (Fsp3) is 0.302. The number of aromatic amines is 1. The number of phenols is 1. The molecule has 2 aliphatic heterocycles. The van der Waals surface area contributed by atoms with E-state index < -0.39 is 17.7 Å². The van der Waals surface area contributed by atoms with Gasteiger partial charge in [-0.05, 0) is 121 Å². The Morgan fingerprint density at radius 3 is 2.34 bits per heavy atom. The van der Waals surface area contributed by atoms with Crippen molar-refractivity contribution in [1.82, 2.24) is 14.8 Å². The molecule has 11 nitrogen and oxygen atoms in total. The number of hydrogen-bond acceptors (Lipinski definition) is 9. The lowest BCUT2D eigenvalue weighted by Crippen LogP contribution is -2.40. The Hall–Kier alpha value is -6.53. The molecule has 0 bridgehead atoms. The number of esters is 1. The molecule has 1 fully saturated rings. The number of aryl methyl sites for hydroxylation is 1. The van der Waals surface area contributed by atoms with E-state index in [0.29, 0.717) is 77.7 Å². The van der Waals surface area contributed by atoms with Crippen molar-refractivity contribution in [3.05, 3.63) is 183 Å². The molecule has 2 atom stereocenters. The predicted octanol–water partition coefficient (Wildman–Crippen LogP) is 7.92. The molecule has 8 rings (SSSR count). The summed E-state index contributed by atoms with van der Waals surface area (Å²) in [6.45, 7) is 3.84. The van der Waals surface area contributed by atoms with E-state index in [9.17, 15) is 29.7 Å². The van der Waals surface area contributed by atoms with Gasteiger partial charge in [0.05, 0.1) is 25.3 Å². The number of aromatic hydroxyl groups is 1. The first-order valence-corrected chi connectivity index (χ1v) is 22.1. The van der Waals surface area contributed by atoms with Crippen LogP contribution in [-0.2, 0) is 28.1 Å². The molecule has 0 saturated carbocycles. The van der Waals surface area contributed by atoms with E-state index in [2.05, 4.69) is 34.1 Å². The van der Waals surface area contributed by atoms with Gasteiger partial charge in [0.2, 0.25) is 11.2 Å². The van der Waals surface area contributed by atoms with Gasteiger partial charge < -0.3 is 34.7 Å². The number of aliphatic hydroxyl groups is 2. The van der Waals surface area contributed by atoms with Crippen LogP contribution in [0.1, 0.15) is 81.9 Å². The van der Waals surface area contributed by atoms with Gasteiger partial charge in [-0.2, -0.15) is 0 Å². The van der Waals surface area contributed by atoms with Crippen LogP contribution in [0.2, 0.25) is 0 Å². The minimum Gasteiger partial charge on any atom is -0.506 e. The van der Waals surface area contributed by atoms with Crippen LogP contribution in [0.15, 0.2) is 138 Å². The molecule has 5 aromatic carbocycles. The number of rotatable bonds is 15. The number of carbonyl (C=O) groups is 2. The smallest absolute Gasteiger partial charge is 0.347 e. The van der Waals surface area contributed by atoms with Gasteiger partial charge in [-0.3, -0.25) is 14.5 Å². The minimum atomic E-state index is -2.02. The first-order chi connectivity index (χ1) is 31.1. The summed E-state index contributed by atoms with van der Waals surface area (Å²) in [7, 11) is 1.57. The summed E-state index contributed by atoms with van der Waals surface area (Å²) in [5.74, 6) is -0.0741. The zero-order chi connectivity index (χ0) is 44.6. The van der Waals surface area contributed by atoms with E-state index in [1.54, 1.807) is 60.5 Å². The van der Waals surface area contributed by atoms with Crippen molar-refractivity contribution in [2.45, 2.75) is 56.8 Å². The Kier molecular flexibility index (Phi) is 13.7. The average Bonchev–Trinajstić information content (AvgIpc) is 3.34. The number of piperidine rings is 1. The fourth-order valence-electron chi connectivity index (χ4n) is 9.05. The van der Waals surface area contributed by atoms with Gasteiger partial charge in [-0.1, -0.05) is 97.1 Å². The minimum absolute atomic E-state index is 0.0560. The third-order valence-electron chi connectivity index (χ3n) is 12.8. The van der Waals surface area contributed by atoms with E-state index in [4.69, 9.17) is 9.47 Å². The van der Waals surface area contributed by atoms with E-state index >= 15 is 0 Å². The summed E-state index contributed by atoms with van der Waals surface area (Å²) in [5.41, 5.74) is 4.00. The quantitative estimate of drug-likeness (QED) is 0.0755. The maximum atomic E-state index is 14.0. The molecule has 0 aliphatic carbocycles. The Labute approximate surface area is 373 Å². The summed E-state index contributed by atoms with van der Waals surface area (Å²) in [6.07, 6.45) is 5.26. The number of aromatic nitrogens is 1. The van der Waals surface area contributed by atoms with Crippen LogP contribution in [0.3, 0.4) is 0 Å². The maximum Gasteiger partial charge on any atom is 0.347 e. The molecule has 1 saturated heterocycles. The van der Waals surface area contributed by atoms with Crippen LogP contribution >= 0.6 is 0 Å². The lowest BCUT2D eigenvalue weighted by Gasteiger charge is -2.33. The number of hydrogen-bond donors (Lipinski definition) is 4. The van der Waals surface area contributed by atoms with Gasteiger partial charge in [0, 0.05) is 42.2 Å². The summed E-state index contributed by atoms with van der Waals surface area (Å²) in [5, 5.41) is 34.2. The van der Waals surface area contributed by atoms with Gasteiger partial charge in [-0.15, -0.1) is 0 Å². The predicted molar refractivity (Wildman–Crippen MR) is 247 cm³/mol. The van der Waals surface area contributed by atoms with E-state index in [1.807, 2.05) is 48.5 Å². The average molecular weight is 862 g/mol. The zero-order valence-corrected chi connectivity index (χ0v) is 36.1. The molecule has 11 heteroatoms. The molecule has 0 spiro atoms. The number of benzene rings is 5. The number of amides is 1. The molecule has 6 aromatic rings. The van der Waals surface area contributed by atoms with Crippen LogP contribution in [0.25, 0.3) is 16.5 Å². The number of phenolic OH excluding ortho intramolecular Hbond substituents is 1. The Morgan fingerprint density at radius 2 is 1.61 bits per heavy atom. The van der Waals surface area contributed by atoms with Crippen molar-refractivity contribution in [2.75, 3.05) is 39.9 Å². The van der Waals surface area contributed by atoms with Gasteiger partial charge in [0.25, 0.3) is 5.91 Å². The van der Waals surface area contributed by atoms with Gasteiger partial charge in [0.15, 0.2) is 0 Å². The molecule has 330 valence electrons. The van der Waals surface area contributed by atoms with E-state index in [1.165, 1.54) is 17.7 Å². The molecule has 0 unspecified atom stereocenters. The normalized spacial score (nSPS) is 16.2. The van der Waals surface area contributed by atoms with E-state index in [0.717, 1.165) is 49.2 Å². The Morgan fingerprint density at radius 1 is 0.859 bits per heavy atom. The van der Waals surface area contributed by atoms with Crippen LogP contribution in [0.4, 0.5) is 0 Å². The monoisotopic (exact) mass is 861 g/mol. The number of H-pyrrole nitrogens is 1. The largest absolute Gasteiger partial charge is 0.506 e. The SMILES string of the molecule is COc1cc(C(=O)N2CC=C(c3cccc([C@](O)(C(=O)OCC4CCN(Cc5ccccc5)CC4)c4ccccc4)c3)CC2)ccc1CCC[C@H](O)c1ccc(O)c2[nH]c(=O)ccc12. The first kappa shape index (κ1) is 44.1. The van der Waals surface area contributed by atoms with Crippen LogP contribution in [0, 0.1) is 5.92 Å². The van der Waals surface area contributed by atoms with Crippen LogP contribution in [-0.4, -0.2) is 81.9 Å². The Balaban J connectivity index is 0.889. The van der Waals surface area contributed by atoms with E-state index in [-0.39, 0.29) is 29.7 Å². The standard InChI is InChI=1S/C53H55N3O8/c1-63-48-33-41(19-18-39(48)12-9-17-46(57)44-20-22-47(58)50-45(44)21-23-49(59)54-50)51(60)56-30-26-38(27-31-56)40-13-8-16-43(32-40)53(62,42-14-6-3-7-15-42)52(61)64-35-37-24-28-55(29-25-37)34-36-10-4-2-5-11-36/h2-8,10-11,13-16,18-23,26,32-33,37,46,57-58,62H,9,12,17,24-25,27-31,34-35H2,1H3,(H,54,59)/t46-,53-/m0/s1. The van der Waals surface area contributed by atoms with Crippen molar-refractivity contribution in [3.8, 4) is 11.5 Å². The fourth-order valence-corrected chi connectivity index (χ4v) is 9.05.